The quantitative estimate of drug-likeness (QED) is 0.281. The molecule has 1 aliphatic carbocycles. The Morgan fingerprint density at radius 1 is 0.925 bits per heavy atom. The van der Waals surface area contributed by atoms with Crippen LogP contribution in [0.2, 0.25) is 0 Å². The van der Waals surface area contributed by atoms with E-state index in [-0.39, 0.29) is 18.1 Å². The molecule has 1 fully saturated rings. The molecule has 0 radical (unpaired) electrons. The van der Waals surface area contributed by atoms with Gasteiger partial charge in [-0.15, -0.1) is 0 Å². The molecule has 0 bridgehead atoms. The highest BCUT2D eigenvalue weighted by Gasteiger charge is 2.75. The highest BCUT2D eigenvalue weighted by Crippen LogP contribution is 2.49. The number of carbonyl (C=O) groups excluding carboxylic acids is 3. The third kappa shape index (κ3) is 5.36. The number of carbonyl (C=O) groups is 3. The molecular weight excluding hydrogens is 546 g/mol. The first-order chi connectivity index (χ1) is 18.8. The van der Waals surface area contributed by atoms with Crippen molar-refractivity contribution in [2.75, 3.05) is 26.3 Å². The van der Waals surface area contributed by atoms with Crippen LogP contribution in [0.4, 0.5) is 31.1 Å². The standard InChI is InChI=1S/C27H24F6N2O5/c1-2-11-39-22(36)12-21(23(37)35-14-25(28,29)27(32,33)26(30,31)15-35)34-24(38)40-13-20-18-9-5-3-7-16(18)17-8-4-6-10-19(17)20/h2-10,20-21H,1,11-15H2,(H,34,38)/t21-/m0/s1. The highest BCUT2D eigenvalue weighted by atomic mass is 19.3. The summed E-state index contributed by atoms with van der Waals surface area (Å²) in [5.41, 5.74) is 3.56. The molecule has 2 amide bonds. The van der Waals surface area contributed by atoms with E-state index in [0.717, 1.165) is 22.3 Å². The number of hydrogen-bond acceptors (Lipinski definition) is 5. The molecule has 7 nitrogen and oxygen atoms in total. The molecule has 1 atom stereocenters. The number of benzene rings is 2. The Balaban J connectivity index is 1.50. The fourth-order valence-electron chi connectivity index (χ4n) is 4.74. The molecule has 0 aromatic heterocycles. The zero-order chi connectivity index (χ0) is 29.3. The SMILES string of the molecule is C=CCOC(=O)C[C@H](NC(=O)OCC1c2ccccc2-c2ccccc21)C(=O)N1CC(F)(F)C(F)(F)C(F)(F)C1. The molecule has 1 aliphatic heterocycles. The summed E-state index contributed by atoms with van der Waals surface area (Å²) >= 11 is 0. The lowest BCUT2D eigenvalue weighted by molar-refractivity contribution is -0.335. The second-order valence-electron chi connectivity index (χ2n) is 9.38. The van der Waals surface area contributed by atoms with Crippen LogP contribution in [0.1, 0.15) is 23.5 Å². The van der Waals surface area contributed by atoms with E-state index < -0.39 is 67.2 Å². The van der Waals surface area contributed by atoms with Crippen LogP contribution in [0.15, 0.2) is 61.2 Å². The predicted octanol–water partition coefficient (Wildman–Crippen LogP) is 4.76. The molecule has 1 saturated heterocycles. The van der Waals surface area contributed by atoms with Gasteiger partial charge in [0.15, 0.2) is 0 Å². The fourth-order valence-corrected chi connectivity index (χ4v) is 4.74. The third-order valence-corrected chi connectivity index (χ3v) is 6.68. The topological polar surface area (TPSA) is 84.9 Å². The number of alkyl halides is 6. The maximum absolute atomic E-state index is 13.9. The molecular formula is C27H24F6N2O5. The van der Waals surface area contributed by atoms with Crippen molar-refractivity contribution in [1.82, 2.24) is 10.2 Å². The van der Waals surface area contributed by atoms with Crippen molar-refractivity contribution >= 4 is 18.0 Å². The minimum atomic E-state index is -5.71. The van der Waals surface area contributed by atoms with Gasteiger partial charge in [0, 0.05) is 5.92 Å². The lowest BCUT2D eigenvalue weighted by Crippen LogP contribution is -2.69. The largest absolute Gasteiger partial charge is 0.461 e. The van der Waals surface area contributed by atoms with Crippen molar-refractivity contribution < 1.29 is 50.2 Å². The molecule has 0 saturated carbocycles. The number of amides is 2. The second kappa shape index (κ2) is 10.9. The molecule has 214 valence electrons. The van der Waals surface area contributed by atoms with Crippen LogP contribution >= 0.6 is 0 Å². The Bertz CT molecular complexity index is 1250. The van der Waals surface area contributed by atoms with E-state index in [1.54, 1.807) is 12.1 Å². The highest BCUT2D eigenvalue weighted by molar-refractivity contribution is 5.90. The van der Waals surface area contributed by atoms with Gasteiger partial charge in [-0.2, -0.15) is 26.3 Å². The van der Waals surface area contributed by atoms with Crippen molar-refractivity contribution in [1.29, 1.82) is 0 Å². The second-order valence-corrected chi connectivity index (χ2v) is 9.38. The summed E-state index contributed by atoms with van der Waals surface area (Å²) in [7, 11) is 0. The number of hydrogen-bond donors (Lipinski definition) is 1. The first kappa shape index (κ1) is 29.0. The van der Waals surface area contributed by atoms with Crippen molar-refractivity contribution in [2.24, 2.45) is 0 Å². The minimum absolute atomic E-state index is 0.216. The van der Waals surface area contributed by atoms with E-state index in [9.17, 15) is 40.7 Å². The first-order valence-corrected chi connectivity index (χ1v) is 12.1. The van der Waals surface area contributed by atoms with Gasteiger partial charge in [0.1, 0.15) is 19.3 Å². The molecule has 4 rings (SSSR count). The monoisotopic (exact) mass is 570 g/mol. The Kier molecular flexibility index (Phi) is 7.86. The number of nitrogens with one attached hydrogen (secondary N) is 1. The average molecular weight is 570 g/mol. The number of alkyl carbamates (subject to hydrolysis) is 1. The van der Waals surface area contributed by atoms with Crippen LogP contribution in [-0.4, -0.2) is 73.0 Å². The van der Waals surface area contributed by atoms with Crippen LogP contribution in [0.25, 0.3) is 11.1 Å². The summed E-state index contributed by atoms with van der Waals surface area (Å²) in [6.45, 7) is -1.32. The molecule has 2 aromatic rings. The molecule has 1 heterocycles. The van der Waals surface area contributed by atoms with E-state index in [0.29, 0.717) is 0 Å². The normalized spacial score (nSPS) is 19.1. The summed E-state index contributed by atoms with van der Waals surface area (Å²) in [6.07, 6.45) is -1.06. The van der Waals surface area contributed by atoms with Crippen molar-refractivity contribution in [3.05, 3.63) is 72.3 Å². The molecule has 2 aromatic carbocycles. The van der Waals surface area contributed by atoms with Gasteiger partial charge < -0.3 is 19.7 Å². The molecule has 13 heteroatoms. The zero-order valence-electron chi connectivity index (χ0n) is 20.8. The minimum Gasteiger partial charge on any atom is -0.461 e. The maximum atomic E-state index is 13.9. The smallest absolute Gasteiger partial charge is 0.407 e. The summed E-state index contributed by atoms with van der Waals surface area (Å²) in [5, 5.41) is 2.01. The molecule has 1 N–H and O–H groups in total. The summed E-state index contributed by atoms with van der Waals surface area (Å²) in [4.78, 5) is 37.5. The predicted molar refractivity (Wildman–Crippen MR) is 129 cm³/mol. The number of piperidine rings is 1. The molecule has 0 spiro atoms. The van der Waals surface area contributed by atoms with Crippen molar-refractivity contribution in [3.8, 4) is 11.1 Å². The number of rotatable bonds is 8. The summed E-state index contributed by atoms with van der Waals surface area (Å²) in [5.74, 6) is -19.4. The number of likely N-dealkylation sites (tertiary alicyclic amines) is 1. The summed E-state index contributed by atoms with van der Waals surface area (Å²) in [6, 6.07) is 12.7. The number of fused-ring (bicyclic) bond motifs is 3. The van der Waals surface area contributed by atoms with E-state index in [4.69, 9.17) is 9.47 Å². The van der Waals surface area contributed by atoms with Crippen molar-refractivity contribution in [3.63, 3.8) is 0 Å². The van der Waals surface area contributed by atoms with Gasteiger partial charge in [0.05, 0.1) is 19.5 Å². The van der Waals surface area contributed by atoms with Crippen LogP contribution in [0, 0.1) is 0 Å². The Morgan fingerprint density at radius 3 is 1.98 bits per heavy atom. The van der Waals surface area contributed by atoms with Crippen LogP contribution in [0.5, 0.6) is 0 Å². The summed E-state index contributed by atoms with van der Waals surface area (Å²) < 4.78 is 93.0. The van der Waals surface area contributed by atoms with E-state index in [2.05, 4.69) is 6.58 Å². The fraction of sp³-hybridized carbons (Fsp3) is 0.370. The molecule has 40 heavy (non-hydrogen) atoms. The lowest BCUT2D eigenvalue weighted by Gasteiger charge is -2.43. The number of ether oxygens (including phenoxy) is 2. The Labute approximate surface area is 224 Å². The van der Waals surface area contributed by atoms with Gasteiger partial charge in [-0.1, -0.05) is 61.2 Å². The average Bonchev–Trinajstić information content (AvgIpc) is 3.22. The molecule has 2 aliphatic rings. The van der Waals surface area contributed by atoms with E-state index >= 15 is 0 Å². The molecule has 0 unspecified atom stereocenters. The van der Waals surface area contributed by atoms with Gasteiger partial charge in [0.25, 0.3) is 0 Å². The van der Waals surface area contributed by atoms with E-state index in [1.165, 1.54) is 6.08 Å². The number of nitrogens with zero attached hydrogens (tertiary/aromatic N) is 1. The lowest BCUT2D eigenvalue weighted by atomic mass is 9.97. The van der Waals surface area contributed by atoms with E-state index in [1.807, 2.05) is 41.7 Å². The number of esters is 1. The first-order valence-electron chi connectivity index (χ1n) is 12.1. The Hall–Kier alpha value is -4.03. The van der Waals surface area contributed by atoms with Crippen LogP contribution in [0.3, 0.4) is 0 Å². The van der Waals surface area contributed by atoms with Gasteiger partial charge in [-0.05, 0) is 22.3 Å². The zero-order valence-corrected chi connectivity index (χ0v) is 20.8. The number of halogens is 6. The van der Waals surface area contributed by atoms with Gasteiger partial charge in [-0.3, -0.25) is 9.59 Å². The third-order valence-electron chi connectivity index (χ3n) is 6.68. The van der Waals surface area contributed by atoms with Gasteiger partial charge >= 0.3 is 29.8 Å². The van der Waals surface area contributed by atoms with Gasteiger partial charge in [-0.25, -0.2) is 4.79 Å². The van der Waals surface area contributed by atoms with Crippen molar-refractivity contribution in [2.45, 2.75) is 36.1 Å². The van der Waals surface area contributed by atoms with Gasteiger partial charge in [0.2, 0.25) is 5.91 Å². The maximum Gasteiger partial charge on any atom is 0.407 e. The van der Waals surface area contributed by atoms with Crippen LogP contribution in [-0.2, 0) is 19.1 Å². The Morgan fingerprint density at radius 2 is 1.45 bits per heavy atom. The van der Waals surface area contributed by atoms with Crippen LogP contribution < -0.4 is 5.32 Å².